The van der Waals surface area contributed by atoms with Gasteiger partial charge in [0.1, 0.15) is 5.82 Å². The zero-order chi connectivity index (χ0) is 15.9. The SMILES string of the molecule is Cc1ccc(CN(C)C2C[C@H]3CC(N(C)C)C[C@H]3C2)cc1F. The van der Waals surface area contributed by atoms with Crippen LogP contribution in [0.2, 0.25) is 0 Å². The first-order valence-electron chi connectivity index (χ1n) is 8.55. The highest BCUT2D eigenvalue weighted by atomic mass is 19.1. The summed E-state index contributed by atoms with van der Waals surface area (Å²) >= 11 is 0. The van der Waals surface area contributed by atoms with Crippen molar-refractivity contribution in [3.8, 4) is 0 Å². The van der Waals surface area contributed by atoms with Crippen molar-refractivity contribution in [2.24, 2.45) is 11.8 Å². The van der Waals surface area contributed by atoms with Crippen molar-refractivity contribution in [3.63, 3.8) is 0 Å². The van der Waals surface area contributed by atoms with Crippen LogP contribution in [0.5, 0.6) is 0 Å². The van der Waals surface area contributed by atoms with Crippen LogP contribution in [0.3, 0.4) is 0 Å². The number of fused-ring (bicyclic) bond motifs is 1. The second kappa shape index (κ2) is 6.29. The second-order valence-corrected chi connectivity index (χ2v) is 7.73. The molecule has 22 heavy (non-hydrogen) atoms. The number of hydrogen-bond acceptors (Lipinski definition) is 2. The van der Waals surface area contributed by atoms with E-state index in [1.165, 1.54) is 25.7 Å². The predicted molar refractivity (Wildman–Crippen MR) is 89.3 cm³/mol. The summed E-state index contributed by atoms with van der Waals surface area (Å²) in [4.78, 5) is 4.83. The largest absolute Gasteiger partial charge is 0.306 e. The fourth-order valence-electron chi connectivity index (χ4n) is 4.49. The number of benzene rings is 1. The van der Waals surface area contributed by atoms with Crippen LogP contribution < -0.4 is 0 Å². The van der Waals surface area contributed by atoms with Crippen molar-refractivity contribution in [2.45, 2.75) is 51.2 Å². The van der Waals surface area contributed by atoms with Crippen molar-refractivity contribution < 1.29 is 4.39 Å². The molecule has 122 valence electrons. The van der Waals surface area contributed by atoms with Gasteiger partial charge in [-0.25, -0.2) is 4.39 Å². The Balaban J connectivity index is 1.57. The van der Waals surface area contributed by atoms with Gasteiger partial charge < -0.3 is 4.90 Å². The first kappa shape index (κ1) is 15.9. The van der Waals surface area contributed by atoms with Crippen molar-refractivity contribution in [3.05, 3.63) is 35.1 Å². The molecule has 0 radical (unpaired) electrons. The molecule has 0 saturated heterocycles. The summed E-state index contributed by atoms with van der Waals surface area (Å²) in [6, 6.07) is 7.11. The zero-order valence-electron chi connectivity index (χ0n) is 14.3. The van der Waals surface area contributed by atoms with Gasteiger partial charge in [0, 0.05) is 18.6 Å². The van der Waals surface area contributed by atoms with E-state index in [1.807, 2.05) is 13.0 Å². The lowest BCUT2D eigenvalue weighted by atomic mass is 10.0. The minimum Gasteiger partial charge on any atom is -0.306 e. The lowest BCUT2D eigenvalue weighted by Gasteiger charge is -2.27. The van der Waals surface area contributed by atoms with Crippen LogP contribution >= 0.6 is 0 Å². The highest BCUT2D eigenvalue weighted by molar-refractivity contribution is 5.23. The fourth-order valence-corrected chi connectivity index (χ4v) is 4.49. The van der Waals surface area contributed by atoms with Crippen molar-refractivity contribution in [1.29, 1.82) is 0 Å². The Kier molecular flexibility index (Phi) is 4.56. The molecule has 0 amide bonds. The topological polar surface area (TPSA) is 6.48 Å². The van der Waals surface area contributed by atoms with Gasteiger partial charge in [-0.2, -0.15) is 0 Å². The van der Waals surface area contributed by atoms with Gasteiger partial charge in [0.05, 0.1) is 0 Å². The van der Waals surface area contributed by atoms with Gasteiger partial charge in [-0.05, 0) is 82.8 Å². The lowest BCUT2D eigenvalue weighted by molar-refractivity contribution is 0.212. The van der Waals surface area contributed by atoms with E-state index in [-0.39, 0.29) is 5.82 Å². The number of aryl methyl sites for hydroxylation is 1. The zero-order valence-corrected chi connectivity index (χ0v) is 14.3. The van der Waals surface area contributed by atoms with Gasteiger partial charge in [0.15, 0.2) is 0 Å². The van der Waals surface area contributed by atoms with Crippen molar-refractivity contribution in [2.75, 3.05) is 21.1 Å². The van der Waals surface area contributed by atoms with E-state index in [4.69, 9.17) is 0 Å². The minimum absolute atomic E-state index is 0.0805. The van der Waals surface area contributed by atoms with Crippen LogP contribution in [-0.4, -0.2) is 43.0 Å². The Morgan fingerprint density at radius 3 is 2.14 bits per heavy atom. The van der Waals surface area contributed by atoms with Crippen LogP contribution in [0.25, 0.3) is 0 Å². The molecule has 0 aromatic heterocycles. The van der Waals surface area contributed by atoms with E-state index < -0.39 is 0 Å². The van der Waals surface area contributed by atoms with E-state index in [0.717, 1.165) is 35.5 Å². The van der Waals surface area contributed by atoms with Gasteiger partial charge >= 0.3 is 0 Å². The molecule has 3 heteroatoms. The van der Waals surface area contributed by atoms with Crippen LogP contribution in [0.1, 0.15) is 36.8 Å². The first-order valence-corrected chi connectivity index (χ1v) is 8.55. The monoisotopic (exact) mass is 304 g/mol. The number of hydrogen-bond donors (Lipinski definition) is 0. The summed E-state index contributed by atoms with van der Waals surface area (Å²) in [5, 5.41) is 0. The molecule has 2 nitrogen and oxygen atoms in total. The molecule has 4 atom stereocenters. The maximum atomic E-state index is 13.7. The third kappa shape index (κ3) is 3.21. The third-order valence-electron chi connectivity index (χ3n) is 5.99. The van der Waals surface area contributed by atoms with Crippen LogP contribution in [-0.2, 0) is 6.54 Å². The minimum atomic E-state index is -0.0805. The quantitative estimate of drug-likeness (QED) is 0.837. The number of halogens is 1. The summed E-state index contributed by atoms with van der Waals surface area (Å²) in [6.45, 7) is 2.68. The molecule has 2 saturated carbocycles. The number of nitrogens with zero attached hydrogens (tertiary/aromatic N) is 2. The molecule has 1 aromatic carbocycles. The van der Waals surface area contributed by atoms with E-state index >= 15 is 0 Å². The Morgan fingerprint density at radius 1 is 1.00 bits per heavy atom. The predicted octanol–water partition coefficient (Wildman–Crippen LogP) is 3.68. The summed E-state index contributed by atoms with van der Waals surface area (Å²) < 4.78 is 13.7. The van der Waals surface area contributed by atoms with E-state index in [0.29, 0.717) is 6.04 Å². The maximum Gasteiger partial charge on any atom is 0.126 e. The molecule has 0 spiro atoms. The van der Waals surface area contributed by atoms with Gasteiger partial charge in [-0.15, -0.1) is 0 Å². The van der Waals surface area contributed by atoms with Crippen LogP contribution in [0, 0.1) is 24.6 Å². The van der Waals surface area contributed by atoms with E-state index in [1.54, 1.807) is 6.07 Å². The van der Waals surface area contributed by atoms with Gasteiger partial charge in [0.2, 0.25) is 0 Å². The van der Waals surface area contributed by atoms with Crippen molar-refractivity contribution >= 4 is 0 Å². The van der Waals surface area contributed by atoms with Gasteiger partial charge in [-0.3, -0.25) is 4.90 Å². The Morgan fingerprint density at radius 2 is 1.59 bits per heavy atom. The average Bonchev–Trinajstić information content (AvgIpc) is 3.01. The normalized spacial score (nSPS) is 31.2. The lowest BCUT2D eigenvalue weighted by Crippen LogP contribution is -2.31. The molecule has 0 heterocycles. The Bertz CT molecular complexity index is 514. The smallest absolute Gasteiger partial charge is 0.126 e. The third-order valence-corrected chi connectivity index (χ3v) is 5.99. The maximum absolute atomic E-state index is 13.7. The van der Waals surface area contributed by atoms with Crippen molar-refractivity contribution in [1.82, 2.24) is 9.80 Å². The highest BCUT2D eigenvalue weighted by Gasteiger charge is 2.43. The highest BCUT2D eigenvalue weighted by Crippen LogP contribution is 2.46. The molecule has 1 aromatic rings. The second-order valence-electron chi connectivity index (χ2n) is 7.73. The van der Waals surface area contributed by atoms with E-state index in [2.05, 4.69) is 37.0 Å². The van der Waals surface area contributed by atoms with Gasteiger partial charge in [0.25, 0.3) is 0 Å². The van der Waals surface area contributed by atoms with Crippen LogP contribution in [0.15, 0.2) is 18.2 Å². The molecule has 2 fully saturated rings. The van der Waals surface area contributed by atoms with Crippen LogP contribution in [0.4, 0.5) is 4.39 Å². The molecule has 0 bridgehead atoms. The summed E-state index contributed by atoms with van der Waals surface area (Å²) in [7, 11) is 6.62. The molecule has 0 aliphatic heterocycles. The summed E-state index contributed by atoms with van der Waals surface area (Å²) in [5.41, 5.74) is 1.82. The first-order chi connectivity index (χ1) is 10.4. The number of rotatable bonds is 4. The molecule has 2 unspecified atom stereocenters. The van der Waals surface area contributed by atoms with E-state index in [9.17, 15) is 4.39 Å². The molecule has 3 rings (SSSR count). The molecule has 2 aliphatic rings. The average molecular weight is 304 g/mol. The standard InChI is InChI=1S/C19H29FN2/c1-13-5-6-14(7-19(13)20)12-22(4)18-10-15-8-17(21(2)3)9-16(15)11-18/h5-7,15-18H,8-12H2,1-4H3/t15-,16+,17?,18?. The molecule has 2 aliphatic carbocycles. The molecule has 0 N–H and O–H groups in total. The van der Waals surface area contributed by atoms with Gasteiger partial charge in [-0.1, -0.05) is 12.1 Å². The molecular formula is C19H29FN2. The summed E-state index contributed by atoms with van der Waals surface area (Å²) in [6.07, 6.45) is 5.36. The Labute approximate surface area is 134 Å². The fraction of sp³-hybridized carbons (Fsp3) is 0.684. The Hall–Kier alpha value is -0.930. The molecular weight excluding hydrogens is 275 g/mol. The summed E-state index contributed by atoms with van der Waals surface area (Å²) in [5.74, 6) is 1.72.